The van der Waals surface area contributed by atoms with Crippen LogP contribution in [0.2, 0.25) is 18.1 Å². The summed E-state index contributed by atoms with van der Waals surface area (Å²) in [4.78, 5) is 30.6. The zero-order valence-corrected chi connectivity index (χ0v) is 22.1. The highest BCUT2D eigenvalue weighted by Crippen LogP contribution is 2.45. The van der Waals surface area contributed by atoms with Crippen LogP contribution in [0.4, 0.5) is 5.82 Å². The second kappa shape index (κ2) is 10.6. The van der Waals surface area contributed by atoms with Gasteiger partial charge in [-0.1, -0.05) is 33.8 Å². The molecule has 10 heteroatoms. The average Bonchev–Trinajstić information content (AvgIpc) is 3.19. The second-order valence-corrected chi connectivity index (χ2v) is 14.8. The Balaban J connectivity index is 1.81. The molecule has 0 saturated carbocycles. The highest BCUT2D eigenvalue weighted by atomic mass is 28.4. The van der Waals surface area contributed by atoms with Crippen molar-refractivity contribution in [2.24, 2.45) is 5.92 Å². The summed E-state index contributed by atoms with van der Waals surface area (Å²) < 4.78 is 19.5. The lowest BCUT2D eigenvalue weighted by Crippen LogP contribution is -2.46. The maximum atomic E-state index is 12.6. The number of carbonyl (C=O) groups is 1. The lowest BCUT2D eigenvalue weighted by atomic mass is 9.99. The van der Waals surface area contributed by atoms with E-state index in [1.807, 2.05) is 6.08 Å². The lowest BCUT2D eigenvalue weighted by Gasteiger charge is -2.43. The Hall–Kier alpha value is -2.27. The number of hydrogen-bond donors (Lipinski definition) is 1. The fourth-order valence-electron chi connectivity index (χ4n) is 3.84. The molecule has 2 N–H and O–H groups in total. The van der Waals surface area contributed by atoms with Crippen LogP contribution in [-0.4, -0.2) is 67.7 Å². The van der Waals surface area contributed by atoms with E-state index in [-0.39, 0.29) is 16.8 Å². The number of nitrogen functional groups attached to an aromatic ring is 1. The van der Waals surface area contributed by atoms with Crippen molar-refractivity contribution in [3.8, 4) is 0 Å². The van der Waals surface area contributed by atoms with Crippen molar-refractivity contribution in [2.75, 3.05) is 38.6 Å². The van der Waals surface area contributed by atoms with Crippen LogP contribution in [0.15, 0.2) is 40.9 Å². The molecule has 0 radical (unpaired) electrons. The first-order valence-electron chi connectivity index (χ1n) is 11.8. The van der Waals surface area contributed by atoms with Gasteiger partial charge >= 0.3 is 5.69 Å². The van der Waals surface area contributed by atoms with Crippen molar-refractivity contribution < 1.29 is 18.7 Å². The van der Waals surface area contributed by atoms with E-state index >= 15 is 0 Å². The molecule has 0 aromatic carbocycles. The summed E-state index contributed by atoms with van der Waals surface area (Å²) in [7, 11) is -2.10. The Labute approximate surface area is 202 Å². The molecule has 0 spiro atoms. The van der Waals surface area contributed by atoms with E-state index in [1.165, 1.54) is 4.57 Å². The fourth-order valence-corrected chi connectivity index (χ4v) is 6.17. The summed E-state index contributed by atoms with van der Waals surface area (Å²) in [5.74, 6) is 0.546. The number of ether oxygens (including phenoxy) is 2. The third kappa shape index (κ3) is 5.86. The Kier molecular flexibility index (Phi) is 8.17. The molecule has 1 aromatic rings. The summed E-state index contributed by atoms with van der Waals surface area (Å²) in [5, 5.41) is 0.0504. The minimum Gasteiger partial charge on any atom is -0.414 e. The molecule has 34 heavy (non-hydrogen) atoms. The van der Waals surface area contributed by atoms with Crippen molar-refractivity contribution in [1.82, 2.24) is 14.5 Å². The van der Waals surface area contributed by atoms with Crippen molar-refractivity contribution in [3.05, 3.63) is 46.5 Å². The molecule has 3 rings (SSSR count). The van der Waals surface area contributed by atoms with Gasteiger partial charge in [0.1, 0.15) is 11.9 Å². The third-order valence-electron chi connectivity index (χ3n) is 7.47. The number of amides is 1. The predicted molar refractivity (Wildman–Crippen MR) is 134 cm³/mol. The SMILES string of the molecule is CC(C)C(C)(C)[Si](C)(C)OC[C@H]1O[C@@H](n2ccc(N)nc2=O)C=C1/C=C/C(=O)N1CCOCC1. The number of nitrogens with zero attached hydrogens (tertiary/aromatic N) is 3. The van der Waals surface area contributed by atoms with E-state index in [0.29, 0.717) is 38.8 Å². The maximum absolute atomic E-state index is 12.6. The number of hydrogen-bond acceptors (Lipinski definition) is 7. The molecule has 9 nitrogen and oxygen atoms in total. The molecule has 0 unspecified atom stereocenters. The van der Waals surface area contributed by atoms with Gasteiger partial charge in [0.25, 0.3) is 0 Å². The first-order valence-corrected chi connectivity index (χ1v) is 14.7. The third-order valence-corrected chi connectivity index (χ3v) is 12.0. The van der Waals surface area contributed by atoms with Gasteiger partial charge in [-0.3, -0.25) is 9.36 Å². The summed E-state index contributed by atoms with van der Waals surface area (Å²) in [6.07, 6.45) is 5.65. The normalized spacial score (nSPS) is 22.0. The predicted octanol–water partition coefficient (Wildman–Crippen LogP) is 2.72. The quantitative estimate of drug-likeness (QED) is 0.441. The van der Waals surface area contributed by atoms with Gasteiger partial charge in [0.05, 0.1) is 19.8 Å². The fraction of sp³-hybridized carbons (Fsp3) is 0.625. The zero-order chi connectivity index (χ0) is 25.1. The van der Waals surface area contributed by atoms with Crippen LogP contribution in [0, 0.1) is 5.92 Å². The van der Waals surface area contributed by atoms with Crippen molar-refractivity contribution in [1.29, 1.82) is 0 Å². The number of anilines is 1. The Morgan fingerprint density at radius 2 is 2.03 bits per heavy atom. The molecular formula is C24H38N4O5Si. The van der Waals surface area contributed by atoms with Gasteiger partial charge < -0.3 is 24.5 Å². The number of aromatic nitrogens is 2. The van der Waals surface area contributed by atoms with E-state index in [0.717, 1.165) is 5.57 Å². The minimum absolute atomic E-state index is 0.0504. The molecule has 3 heterocycles. The molecule has 2 atom stereocenters. The zero-order valence-electron chi connectivity index (χ0n) is 21.1. The van der Waals surface area contributed by atoms with E-state index in [4.69, 9.17) is 19.6 Å². The van der Waals surface area contributed by atoms with Crippen LogP contribution in [0.3, 0.4) is 0 Å². The smallest absolute Gasteiger partial charge is 0.351 e. The number of carbonyl (C=O) groups excluding carboxylic acids is 1. The monoisotopic (exact) mass is 490 g/mol. The van der Waals surface area contributed by atoms with Crippen LogP contribution in [0.25, 0.3) is 0 Å². The summed E-state index contributed by atoms with van der Waals surface area (Å²) in [6.45, 7) is 15.9. The molecule has 2 aliphatic heterocycles. The lowest BCUT2D eigenvalue weighted by molar-refractivity contribution is -0.129. The topological polar surface area (TPSA) is 109 Å². The maximum Gasteiger partial charge on any atom is 0.351 e. The van der Waals surface area contributed by atoms with E-state index < -0.39 is 26.3 Å². The summed E-state index contributed by atoms with van der Waals surface area (Å²) >= 11 is 0. The molecule has 1 aromatic heterocycles. The van der Waals surface area contributed by atoms with E-state index in [2.05, 4.69) is 45.8 Å². The van der Waals surface area contributed by atoms with Gasteiger partial charge in [-0.05, 0) is 41.8 Å². The van der Waals surface area contributed by atoms with Gasteiger partial charge in [0.2, 0.25) is 5.91 Å². The van der Waals surface area contributed by atoms with Crippen LogP contribution in [0.5, 0.6) is 0 Å². The summed E-state index contributed by atoms with van der Waals surface area (Å²) in [6, 6.07) is 1.56. The van der Waals surface area contributed by atoms with Crippen LogP contribution in [-0.2, 0) is 18.7 Å². The van der Waals surface area contributed by atoms with Gasteiger partial charge in [0, 0.05) is 25.4 Å². The van der Waals surface area contributed by atoms with E-state index in [9.17, 15) is 9.59 Å². The highest BCUT2D eigenvalue weighted by Gasteiger charge is 2.44. The molecule has 0 aliphatic carbocycles. The molecule has 188 valence electrons. The van der Waals surface area contributed by atoms with E-state index in [1.54, 1.807) is 29.3 Å². The van der Waals surface area contributed by atoms with Gasteiger partial charge in [-0.15, -0.1) is 0 Å². The molecule has 1 amide bonds. The standard InChI is InChI=1S/C24H38N4O5Si/c1-17(2)24(3,4)34(5,6)32-16-19-18(7-8-21(29)27-11-13-31-14-12-27)15-22(33-19)28-10-9-20(25)26-23(28)30/h7-10,15,17,19,22H,11-14,16H2,1-6H3,(H2,25,26,30)/b8-7+/t19-,22-/m1/s1. The number of rotatable bonds is 8. The molecule has 1 saturated heterocycles. The number of morpholine rings is 1. The second-order valence-electron chi connectivity index (χ2n) is 10.2. The molecule has 0 bridgehead atoms. The average molecular weight is 491 g/mol. The molecule has 2 aliphatic rings. The number of nitrogens with two attached hydrogens (primary N) is 1. The van der Waals surface area contributed by atoms with Crippen molar-refractivity contribution >= 4 is 20.0 Å². The molecular weight excluding hydrogens is 452 g/mol. The first kappa shape index (κ1) is 26.3. The Bertz CT molecular complexity index is 995. The van der Waals surface area contributed by atoms with Crippen LogP contribution in [0.1, 0.15) is 33.9 Å². The summed E-state index contributed by atoms with van der Waals surface area (Å²) in [5.41, 5.74) is 5.93. The van der Waals surface area contributed by atoms with Crippen molar-refractivity contribution in [2.45, 2.75) is 58.2 Å². The van der Waals surface area contributed by atoms with Crippen LogP contribution >= 0.6 is 0 Å². The van der Waals surface area contributed by atoms with Crippen LogP contribution < -0.4 is 11.4 Å². The highest BCUT2D eigenvalue weighted by molar-refractivity contribution is 6.74. The Morgan fingerprint density at radius 3 is 2.65 bits per heavy atom. The molecule has 1 fully saturated rings. The minimum atomic E-state index is -2.10. The van der Waals surface area contributed by atoms with Gasteiger partial charge in [-0.2, -0.15) is 4.98 Å². The first-order chi connectivity index (χ1) is 15.9. The van der Waals surface area contributed by atoms with Gasteiger partial charge in [-0.25, -0.2) is 4.79 Å². The van der Waals surface area contributed by atoms with Crippen molar-refractivity contribution in [3.63, 3.8) is 0 Å². The Morgan fingerprint density at radius 1 is 1.35 bits per heavy atom. The largest absolute Gasteiger partial charge is 0.414 e. The van der Waals surface area contributed by atoms with Gasteiger partial charge in [0.15, 0.2) is 14.5 Å².